The Balaban J connectivity index is 1.34. The Morgan fingerprint density at radius 3 is 2.29 bits per heavy atom. The average Bonchev–Trinajstić information content (AvgIpc) is 2.69. The van der Waals surface area contributed by atoms with E-state index in [0.29, 0.717) is 12.3 Å². The first-order valence-electron chi connectivity index (χ1n) is 11.1. The van der Waals surface area contributed by atoms with Gasteiger partial charge in [-0.15, -0.1) is 0 Å². The first kappa shape index (κ1) is 21.3. The molecule has 4 nitrogen and oxygen atoms in total. The summed E-state index contributed by atoms with van der Waals surface area (Å²) in [5.74, 6) is 1.08. The number of rotatable bonds is 6. The van der Waals surface area contributed by atoms with Crippen molar-refractivity contribution in [3.63, 3.8) is 0 Å². The highest BCUT2D eigenvalue weighted by atomic mass is 16.5. The Bertz CT molecular complexity index is 606. The number of carbonyl (C=O) groups excluding carboxylic acids is 1. The monoisotopic (exact) mass is 386 g/mol. The van der Waals surface area contributed by atoms with Gasteiger partial charge in [0.25, 0.3) is 0 Å². The zero-order valence-electron chi connectivity index (χ0n) is 18.1. The molecule has 0 bridgehead atoms. The minimum atomic E-state index is 0.197. The maximum absolute atomic E-state index is 12.6. The molecule has 28 heavy (non-hydrogen) atoms. The summed E-state index contributed by atoms with van der Waals surface area (Å²) < 4.78 is 5.43. The molecule has 2 fully saturated rings. The molecule has 0 unspecified atom stereocenters. The van der Waals surface area contributed by atoms with E-state index in [0.717, 1.165) is 71.0 Å². The van der Waals surface area contributed by atoms with E-state index in [9.17, 15) is 4.79 Å². The van der Waals surface area contributed by atoms with Crippen LogP contribution in [0.5, 0.6) is 0 Å². The molecule has 0 radical (unpaired) electrons. The number of nitrogens with zero attached hydrogens (tertiary/aromatic N) is 2. The fourth-order valence-corrected chi connectivity index (χ4v) is 4.29. The summed E-state index contributed by atoms with van der Waals surface area (Å²) in [6.45, 7) is 13.6. The zero-order valence-corrected chi connectivity index (χ0v) is 18.1. The molecular formula is C24H38N2O2. The number of hydrogen-bond acceptors (Lipinski definition) is 3. The molecule has 0 aliphatic carbocycles. The lowest BCUT2D eigenvalue weighted by Gasteiger charge is -2.36. The predicted octanol–water partition coefficient (Wildman–Crippen LogP) is 3.88. The van der Waals surface area contributed by atoms with Crippen LogP contribution in [0.25, 0.3) is 0 Å². The van der Waals surface area contributed by atoms with E-state index in [-0.39, 0.29) is 5.41 Å². The number of carbonyl (C=O) groups is 1. The quantitative estimate of drug-likeness (QED) is 0.744. The third-order valence-corrected chi connectivity index (χ3v) is 6.26. The van der Waals surface area contributed by atoms with Gasteiger partial charge in [-0.25, -0.2) is 0 Å². The molecule has 3 rings (SSSR count). The van der Waals surface area contributed by atoms with Crippen LogP contribution in [-0.2, 0) is 21.4 Å². The van der Waals surface area contributed by atoms with E-state index < -0.39 is 0 Å². The summed E-state index contributed by atoms with van der Waals surface area (Å²) in [6, 6.07) is 8.91. The largest absolute Gasteiger partial charge is 0.379 e. The highest BCUT2D eigenvalue weighted by molar-refractivity contribution is 5.76. The summed E-state index contributed by atoms with van der Waals surface area (Å²) in [5, 5.41) is 0. The van der Waals surface area contributed by atoms with Crippen molar-refractivity contribution in [1.29, 1.82) is 0 Å². The van der Waals surface area contributed by atoms with Crippen molar-refractivity contribution < 1.29 is 9.53 Å². The molecule has 2 aliphatic heterocycles. The zero-order chi connectivity index (χ0) is 20.0. The molecule has 0 aromatic heterocycles. The van der Waals surface area contributed by atoms with Crippen molar-refractivity contribution in [2.75, 3.05) is 45.9 Å². The Morgan fingerprint density at radius 2 is 1.68 bits per heavy atom. The Morgan fingerprint density at radius 1 is 1.04 bits per heavy atom. The number of hydrogen-bond donors (Lipinski definition) is 0. The number of piperidine rings is 1. The second-order valence-corrected chi connectivity index (χ2v) is 9.54. The van der Waals surface area contributed by atoms with Crippen LogP contribution in [0, 0.1) is 5.92 Å². The SMILES string of the molecule is CC(C)(C)c1ccc(CCCC(=O)N2CCC(CN3CCOCC3)CC2)cc1. The van der Waals surface area contributed by atoms with E-state index in [1.807, 2.05) is 0 Å². The predicted molar refractivity (Wildman–Crippen MR) is 115 cm³/mol. The van der Waals surface area contributed by atoms with Crippen molar-refractivity contribution in [2.45, 2.75) is 58.3 Å². The first-order chi connectivity index (χ1) is 13.4. The molecule has 1 amide bonds. The second-order valence-electron chi connectivity index (χ2n) is 9.54. The van der Waals surface area contributed by atoms with Crippen molar-refractivity contribution in [3.8, 4) is 0 Å². The Hall–Kier alpha value is -1.39. The highest BCUT2D eigenvalue weighted by Gasteiger charge is 2.24. The smallest absolute Gasteiger partial charge is 0.222 e. The van der Waals surface area contributed by atoms with Gasteiger partial charge in [0, 0.05) is 39.1 Å². The van der Waals surface area contributed by atoms with Crippen LogP contribution in [0.3, 0.4) is 0 Å². The third kappa shape index (κ3) is 6.31. The molecule has 2 heterocycles. The molecule has 0 N–H and O–H groups in total. The molecule has 1 aromatic rings. The molecule has 156 valence electrons. The number of likely N-dealkylation sites (tertiary alicyclic amines) is 1. The lowest BCUT2D eigenvalue weighted by molar-refractivity contribution is -0.132. The molecule has 0 atom stereocenters. The normalized spacial score (nSPS) is 19.8. The van der Waals surface area contributed by atoms with Gasteiger partial charge in [0.2, 0.25) is 5.91 Å². The van der Waals surface area contributed by atoms with Gasteiger partial charge < -0.3 is 9.64 Å². The van der Waals surface area contributed by atoms with Gasteiger partial charge in [-0.3, -0.25) is 9.69 Å². The van der Waals surface area contributed by atoms with E-state index >= 15 is 0 Å². The summed E-state index contributed by atoms with van der Waals surface area (Å²) >= 11 is 0. The second kappa shape index (κ2) is 9.89. The molecule has 1 aromatic carbocycles. The molecule has 4 heteroatoms. The number of benzene rings is 1. The lowest BCUT2D eigenvalue weighted by Crippen LogP contribution is -2.44. The third-order valence-electron chi connectivity index (χ3n) is 6.26. The maximum Gasteiger partial charge on any atom is 0.222 e. The highest BCUT2D eigenvalue weighted by Crippen LogP contribution is 2.23. The number of morpholine rings is 1. The summed E-state index contributed by atoms with van der Waals surface area (Å²) in [4.78, 5) is 17.2. The van der Waals surface area contributed by atoms with E-state index in [2.05, 4.69) is 54.8 Å². The number of aryl methyl sites for hydroxylation is 1. The van der Waals surface area contributed by atoms with E-state index in [4.69, 9.17) is 4.74 Å². The molecule has 0 saturated carbocycles. The van der Waals surface area contributed by atoms with Gasteiger partial charge >= 0.3 is 0 Å². The van der Waals surface area contributed by atoms with Gasteiger partial charge in [-0.1, -0.05) is 45.0 Å². The standard InChI is InChI=1S/C24H38N2O2/c1-24(2,3)22-9-7-20(8-10-22)5-4-6-23(27)26-13-11-21(12-14-26)19-25-15-17-28-18-16-25/h7-10,21H,4-6,11-19H2,1-3H3. The van der Waals surface area contributed by atoms with Crippen LogP contribution < -0.4 is 0 Å². The summed E-state index contributed by atoms with van der Waals surface area (Å²) in [5.41, 5.74) is 2.90. The van der Waals surface area contributed by atoms with Gasteiger partial charge in [0.05, 0.1) is 13.2 Å². The fraction of sp³-hybridized carbons (Fsp3) is 0.708. The van der Waals surface area contributed by atoms with Crippen molar-refractivity contribution in [1.82, 2.24) is 9.80 Å². The van der Waals surface area contributed by atoms with Crippen LogP contribution >= 0.6 is 0 Å². The van der Waals surface area contributed by atoms with Gasteiger partial charge in [0.1, 0.15) is 0 Å². The molecule has 0 spiro atoms. The van der Waals surface area contributed by atoms with Crippen LogP contribution in [0.1, 0.15) is 57.6 Å². The lowest BCUT2D eigenvalue weighted by atomic mass is 9.86. The molecular weight excluding hydrogens is 348 g/mol. The van der Waals surface area contributed by atoms with Crippen molar-refractivity contribution in [2.24, 2.45) is 5.92 Å². The van der Waals surface area contributed by atoms with E-state index in [1.165, 1.54) is 17.7 Å². The van der Waals surface area contributed by atoms with Crippen LogP contribution in [0.4, 0.5) is 0 Å². The van der Waals surface area contributed by atoms with Crippen LogP contribution in [0.15, 0.2) is 24.3 Å². The fourth-order valence-electron chi connectivity index (χ4n) is 4.29. The topological polar surface area (TPSA) is 32.8 Å². The van der Waals surface area contributed by atoms with Crippen LogP contribution in [-0.4, -0.2) is 61.6 Å². The van der Waals surface area contributed by atoms with Gasteiger partial charge in [-0.2, -0.15) is 0 Å². The summed E-state index contributed by atoms with van der Waals surface area (Å²) in [7, 11) is 0. The minimum Gasteiger partial charge on any atom is -0.379 e. The van der Waals surface area contributed by atoms with Crippen molar-refractivity contribution in [3.05, 3.63) is 35.4 Å². The summed E-state index contributed by atoms with van der Waals surface area (Å²) in [6.07, 6.45) is 4.91. The van der Waals surface area contributed by atoms with Gasteiger partial charge in [-0.05, 0) is 48.1 Å². The van der Waals surface area contributed by atoms with E-state index in [1.54, 1.807) is 0 Å². The average molecular weight is 387 g/mol. The molecule has 2 aliphatic rings. The number of ether oxygens (including phenoxy) is 1. The first-order valence-corrected chi connectivity index (χ1v) is 11.1. The minimum absolute atomic E-state index is 0.197. The maximum atomic E-state index is 12.6. The number of amides is 1. The Labute approximate surface area is 171 Å². The molecule has 2 saturated heterocycles. The van der Waals surface area contributed by atoms with Crippen molar-refractivity contribution >= 4 is 5.91 Å². The Kier molecular flexibility index (Phi) is 7.53. The van der Waals surface area contributed by atoms with Crippen LogP contribution in [0.2, 0.25) is 0 Å². The van der Waals surface area contributed by atoms with Gasteiger partial charge in [0.15, 0.2) is 0 Å².